The fourth-order valence-corrected chi connectivity index (χ4v) is 9.13. The molecule has 2 unspecified atom stereocenters. The zero-order chi connectivity index (χ0) is 40.8. The lowest BCUT2D eigenvalue weighted by atomic mass is 9.81. The van der Waals surface area contributed by atoms with Crippen LogP contribution in [-0.4, -0.2) is 6.10 Å². The van der Waals surface area contributed by atoms with Crippen LogP contribution >= 0.6 is 0 Å². The summed E-state index contributed by atoms with van der Waals surface area (Å²) < 4.78 is 12.7. The van der Waals surface area contributed by atoms with Crippen molar-refractivity contribution in [3.05, 3.63) is 227 Å². The van der Waals surface area contributed by atoms with Gasteiger partial charge in [0.05, 0.1) is 0 Å². The highest BCUT2D eigenvalue weighted by atomic mass is 16.5. The molecule has 2 aliphatic carbocycles. The molecule has 7 aromatic rings. The number of benzene rings is 6. The highest BCUT2D eigenvalue weighted by molar-refractivity contribution is 6.06. The van der Waals surface area contributed by atoms with Crippen molar-refractivity contribution in [1.29, 1.82) is 0 Å². The van der Waals surface area contributed by atoms with E-state index >= 15 is 0 Å². The normalized spacial score (nSPS) is 17.8. The van der Waals surface area contributed by atoms with E-state index in [4.69, 9.17) is 9.15 Å². The number of anilines is 2. The Balaban J connectivity index is 1.04. The molecule has 0 spiro atoms. The number of rotatable bonds is 9. The van der Waals surface area contributed by atoms with E-state index in [0.29, 0.717) is 0 Å². The van der Waals surface area contributed by atoms with Gasteiger partial charge in [0.1, 0.15) is 23.0 Å². The van der Waals surface area contributed by atoms with Gasteiger partial charge in [0.2, 0.25) is 0 Å². The van der Waals surface area contributed by atoms with Crippen LogP contribution in [0, 0.1) is 0 Å². The molecule has 1 aliphatic heterocycles. The number of allylic oxidation sites excluding steroid dienone is 8. The molecule has 0 N–H and O–H groups in total. The van der Waals surface area contributed by atoms with Crippen LogP contribution in [0.4, 0.5) is 11.4 Å². The van der Waals surface area contributed by atoms with Crippen molar-refractivity contribution in [2.45, 2.75) is 45.1 Å². The van der Waals surface area contributed by atoms with Gasteiger partial charge in [-0.3, -0.25) is 0 Å². The van der Waals surface area contributed by atoms with E-state index in [9.17, 15) is 0 Å². The molecule has 0 radical (unpaired) electrons. The average molecular weight is 778 g/mol. The van der Waals surface area contributed by atoms with Crippen molar-refractivity contribution in [2.24, 2.45) is 0 Å². The maximum atomic E-state index is 6.44. The second-order valence-corrected chi connectivity index (χ2v) is 16.5. The second-order valence-electron chi connectivity index (χ2n) is 16.5. The first-order valence-electron chi connectivity index (χ1n) is 20.9. The molecular formula is C57H47NO2. The van der Waals surface area contributed by atoms with Crippen LogP contribution in [0.2, 0.25) is 0 Å². The number of hydrogen-bond donors (Lipinski definition) is 0. The van der Waals surface area contributed by atoms with Crippen molar-refractivity contribution >= 4 is 51.5 Å². The molecule has 6 aromatic carbocycles. The predicted octanol–water partition coefficient (Wildman–Crippen LogP) is 15.3. The Morgan fingerprint density at radius 1 is 0.633 bits per heavy atom. The van der Waals surface area contributed by atoms with Crippen molar-refractivity contribution in [3.8, 4) is 16.9 Å². The maximum absolute atomic E-state index is 6.44. The number of furan rings is 1. The third-order valence-corrected chi connectivity index (χ3v) is 12.2. The Morgan fingerprint density at radius 2 is 1.37 bits per heavy atom. The predicted molar refractivity (Wildman–Crippen MR) is 253 cm³/mol. The minimum absolute atomic E-state index is 0.0614. The molecule has 3 nitrogen and oxygen atoms in total. The topological polar surface area (TPSA) is 25.6 Å². The summed E-state index contributed by atoms with van der Waals surface area (Å²) in [6.07, 6.45) is 26.2. The minimum atomic E-state index is -0.203. The van der Waals surface area contributed by atoms with E-state index < -0.39 is 0 Å². The Kier molecular flexibility index (Phi) is 9.45. The summed E-state index contributed by atoms with van der Waals surface area (Å²) >= 11 is 0. The fourth-order valence-electron chi connectivity index (χ4n) is 9.13. The molecule has 3 aliphatic rings. The molecule has 60 heavy (non-hydrogen) atoms. The summed E-state index contributed by atoms with van der Waals surface area (Å²) in [5, 5.41) is 2.20. The van der Waals surface area contributed by atoms with Crippen LogP contribution in [0.25, 0.3) is 51.3 Å². The molecule has 292 valence electrons. The number of nitrogens with zero attached hydrogens (tertiary/aromatic N) is 1. The molecule has 3 heteroatoms. The highest BCUT2D eigenvalue weighted by Crippen LogP contribution is 2.51. The monoisotopic (exact) mass is 777 g/mol. The average Bonchev–Trinajstić information content (AvgIpc) is 3.92. The van der Waals surface area contributed by atoms with Gasteiger partial charge in [-0.15, -0.1) is 0 Å². The van der Waals surface area contributed by atoms with Gasteiger partial charge in [-0.2, -0.15) is 0 Å². The van der Waals surface area contributed by atoms with Gasteiger partial charge in [0.25, 0.3) is 0 Å². The summed E-state index contributed by atoms with van der Waals surface area (Å²) in [4.78, 5) is 2.38. The van der Waals surface area contributed by atoms with Crippen molar-refractivity contribution in [2.75, 3.05) is 4.90 Å². The number of ether oxygens (including phenoxy) is 1. The van der Waals surface area contributed by atoms with E-state index in [0.717, 1.165) is 55.9 Å². The molecule has 0 saturated heterocycles. The summed E-state index contributed by atoms with van der Waals surface area (Å²) in [6.45, 7) is 8.95. The lowest BCUT2D eigenvalue weighted by Crippen LogP contribution is -2.18. The summed E-state index contributed by atoms with van der Waals surface area (Å²) in [5.74, 6) is 1.25. The van der Waals surface area contributed by atoms with Gasteiger partial charge in [-0.05, 0) is 102 Å². The lowest BCUT2D eigenvalue weighted by Gasteiger charge is -2.29. The maximum Gasteiger partial charge on any atom is 0.135 e. The van der Waals surface area contributed by atoms with Crippen molar-refractivity contribution in [3.63, 3.8) is 0 Å². The molecule has 0 amide bonds. The smallest absolute Gasteiger partial charge is 0.135 e. The standard InChI is InChI=1S/C57H47NO2/c1-5-14-42(29-24-38(2)23-28-41-17-13-20-49-47-18-9-12-22-54(47)60-56(41)49)58(43-31-34-55-50(36-43)48-19-10-11-21-53(48)59-55)44-30-33-46-45-32-27-40(26-25-39-15-7-6-8-16-39)35-51(45)57(3,4)52(46)37-44/h5-37,47,54H,1-4H3/b14-5-,26-25+,28-23+,38-24+,42-29+. The molecule has 0 fully saturated rings. The van der Waals surface area contributed by atoms with Crippen LogP contribution < -0.4 is 9.64 Å². The molecule has 2 heterocycles. The van der Waals surface area contributed by atoms with Gasteiger partial charge < -0.3 is 14.1 Å². The first kappa shape index (κ1) is 37.2. The first-order chi connectivity index (χ1) is 29.4. The van der Waals surface area contributed by atoms with E-state index in [2.05, 4.69) is 221 Å². The molecular weight excluding hydrogens is 731 g/mol. The van der Waals surface area contributed by atoms with Crippen LogP contribution in [-0.2, 0) is 5.41 Å². The molecule has 0 saturated carbocycles. The zero-order valence-electron chi connectivity index (χ0n) is 34.5. The Hall–Kier alpha value is -7.10. The Bertz CT molecular complexity index is 3020. The van der Waals surface area contributed by atoms with Crippen LogP contribution in [0.15, 0.2) is 198 Å². The minimum Gasteiger partial charge on any atom is -0.484 e. The molecule has 0 bridgehead atoms. The molecule has 10 rings (SSSR count). The number of hydrogen-bond acceptors (Lipinski definition) is 3. The first-order valence-corrected chi connectivity index (χ1v) is 20.9. The van der Waals surface area contributed by atoms with Gasteiger partial charge in [-0.25, -0.2) is 0 Å². The largest absolute Gasteiger partial charge is 0.484 e. The highest BCUT2D eigenvalue weighted by Gasteiger charge is 2.36. The van der Waals surface area contributed by atoms with Crippen molar-refractivity contribution < 1.29 is 9.15 Å². The van der Waals surface area contributed by atoms with E-state index in [-0.39, 0.29) is 17.4 Å². The van der Waals surface area contributed by atoms with E-state index in [1.807, 2.05) is 12.1 Å². The third kappa shape index (κ3) is 6.66. The van der Waals surface area contributed by atoms with Gasteiger partial charge >= 0.3 is 0 Å². The van der Waals surface area contributed by atoms with Gasteiger partial charge in [0.15, 0.2) is 0 Å². The SMILES string of the molecule is C\C=C/C(=C\C=C(C)\C=C\c1cccc2c1OC1C=CC=CC21)N(c1ccc2c(c1)C(C)(C)c1cc(/C=C/c3ccccc3)ccc1-2)c1ccc2oc3ccccc3c2c1. The lowest BCUT2D eigenvalue weighted by molar-refractivity contribution is 0.268. The van der Waals surface area contributed by atoms with Crippen LogP contribution in [0.5, 0.6) is 5.75 Å². The van der Waals surface area contributed by atoms with Gasteiger partial charge in [-0.1, -0.05) is 165 Å². The van der Waals surface area contributed by atoms with Gasteiger partial charge in [0, 0.05) is 50.3 Å². The van der Waals surface area contributed by atoms with E-state index in [1.54, 1.807) is 0 Å². The third-order valence-electron chi connectivity index (χ3n) is 12.2. The molecule has 1 aromatic heterocycles. The zero-order valence-corrected chi connectivity index (χ0v) is 34.5. The Labute approximate surface area is 353 Å². The number of fused-ring (bicyclic) bond motifs is 9. The quantitative estimate of drug-likeness (QED) is 0.108. The van der Waals surface area contributed by atoms with E-state index in [1.165, 1.54) is 38.9 Å². The summed E-state index contributed by atoms with van der Waals surface area (Å²) in [7, 11) is 0. The van der Waals surface area contributed by atoms with Crippen LogP contribution in [0.3, 0.4) is 0 Å². The summed E-state index contributed by atoms with van der Waals surface area (Å²) in [5.41, 5.74) is 15.9. The second kappa shape index (κ2) is 15.3. The number of para-hydroxylation sites is 2. The molecule has 2 atom stereocenters. The summed E-state index contributed by atoms with van der Waals surface area (Å²) in [6, 6.07) is 45.7. The fraction of sp³-hybridized carbons (Fsp3) is 0.123. The Morgan fingerprint density at radius 3 is 2.23 bits per heavy atom. The van der Waals surface area contributed by atoms with Crippen LogP contribution in [0.1, 0.15) is 67.0 Å². The van der Waals surface area contributed by atoms with Crippen molar-refractivity contribution in [1.82, 2.24) is 0 Å².